The van der Waals surface area contributed by atoms with Gasteiger partial charge in [-0.05, 0) is 19.1 Å². The maximum absolute atomic E-state index is 12.8. The van der Waals surface area contributed by atoms with E-state index in [1.165, 1.54) is 30.1 Å². The quantitative estimate of drug-likeness (QED) is 0.630. The van der Waals surface area contributed by atoms with Crippen molar-refractivity contribution in [2.24, 2.45) is 0 Å². The lowest BCUT2D eigenvalue weighted by atomic mass is 10.2. The molecule has 0 aliphatic carbocycles. The molecule has 10 nitrogen and oxygen atoms in total. The van der Waals surface area contributed by atoms with E-state index in [2.05, 4.69) is 0 Å². The van der Waals surface area contributed by atoms with Crippen LogP contribution in [0.15, 0.2) is 18.2 Å². The van der Waals surface area contributed by atoms with Crippen LogP contribution < -0.4 is 13.8 Å². The van der Waals surface area contributed by atoms with Gasteiger partial charge in [-0.3, -0.25) is 9.10 Å². The molecule has 1 aromatic rings. The lowest BCUT2D eigenvalue weighted by Crippen LogP contribution is -2.53. The number of rotatable bonds is 7. The van der Waals surface area contributed by atoms with Gasteiger partial charge in [-0.1, -0.05) is 0 Å². The van der Waals surface area contributed by atoms with Crippen LogP contribution >= 0.6 is 0 Å². The van der Waals surface area contributed by atoms with Crippen molar-refractivity contribution in [2.45, 2.75) is 6.92 Å². The molecule has 1 aromatic carbocycles. The third kappa shape index (κ3) is 5.66. The van der Waals surface area contributed by atoms with Crippen LogP contribution in [0, 0.1) is 0 Å². The van der Waals surface area contributed by atoms with Gasteiger partial charge < -0.3 is 24.0 Å². The maximum Gasteiger partial charge on any atom is 0.409 e. The first-order valence-electron chi connectivity index (χ1n) is 9.10. The Labute approximate surface area is 171 Å². The van der Waals surface area contributed by atoms with Crippen molar-refractivity contribution in [1.29, 1.82) is 0 Å². The van der Waals surface area contributed by atoms with Crippen molar-refractivity contribution in [3.8, 4) is 11.5 Å². The van der Waals surface area contributed by atoms with E-state index in [4.69, 9.17) is 14.2 Å². The fourth-order valence-corrected chi connectivity index (χ4v) is 3.80. The zero-order valence-electron chi connectivity index (χ0n) is 17.1. The highest BCUT2D eigenvalue weighted by molar-refractivity contribution is 7.92. The van der Waals surface area contributed by atoms with Crippen molar-refractivity contribution in [2.75, 3.05) is 64.1 Å². The first-order valence-corrected chi connectivity index (χ1v) is 10.9. The summed E-state index contributed by atoms with van der Waals surface area (Å²) >= 11 is 0. The third-order valence-electron chi connectivity index (χ3n) is 4.49. The fraction of sp³-hybridized carbons (Fsp3) is 0.556. The average Bonchev–Trinajstić information content (AvgIpc) is 2.70. The molecule has 1 saturated heterocycles. The summed E-state index contributed by atoms with van der Waals surface area (Å²) in [7, 11) is -0.855. The Morgan fingerprint density at radius 3 is 2.21 bits per heavy atom. The number of methoxy groups -OCH3 is 2. The van der Waals surface area contributed by atoms with E-state index in [1.54, 1.807) is 19.1 Å². The largest absolute Gasteiger partial charge is 0.497 e. The van der Waals surface area contributed by atoms with Crippen LogP contribution in [0.4, 0.5) is 10.5 Å². The number of ether oxygens (including phenoxy) is 3. The Morgan fingerprint density at radius 1 is 1.07 bits per heavy atom. The molecular weight excluding hydrogens is 402 g/mol. The van der Waals surface area contributed by atoms with E-state index in [9.17, 15) is 18.0 Å². The Balaban J connectivity index is 2.14. The van der Waals surface area contributed by atoms with Crippen LogP contribution in [0.3, 0.4) is 0 Å². The van der Waals surface area contributed by atoms with Crippen LogP contribution in [0.25, 0.3) is 0 Å². The summed E-state index contributed by atoms with van der Waals surface area (Å²) in [6.45, 7) is 2.89. The number of piperazine rings is 1. The highest BCUT2D eigenvalue weighted by atomic mass is 32.2. The van der Waals surface area contributed by atoms with Gasteiger partial charge in [0.2, 0.25) is 15.9 Å². The zero-order chi connectivity index (χ0) is 21.6. The van der Waals surface area contributed by atoms with E-state index in [1.807, 2.05) is 0 Å². The fourth-order valence-electron chi connectivity index (χ4n) is 2.95. The van der Waals surface area contributed by atoms with Gasteiger partial charge >= 0.3 is 6.09 Å². The summed E-state index contributed by atoms with van der Waals surface area (Å²) < 4.78 is 41.2. The number of hydrogen-bond acceptors (Lipinski definition) is 7. The molecule has 2 rings (SSSR count). The van der Waals surface area contributed by atoms with E-state index in [-0.39, 0.29) is 30.5 Å². The highest BCUT2D eigenvalue weighted by Crippen LogP contribution is 2.33. The SMILES string of the molecule is CCOC(=O)N1CCN(C(=O)CN(c2ccc(OC)cc2OC)S(C)(=O)=O)CC1. The van der Waals surface area contributed by atoms with Gasteiger partial charge in [-0.25, -0.2) is 13.2 Å². The zero-order valence-corrected chi connectivity index (χ0v) is 17.9. The van der Waals surface area contributed by atoms with Gasteiger partial charge in [-0.2, -0.15) is 0 Å². The van der Waals surface area contributed by atoms with Gasteiger partial charge in [0.05, 0.1) is 32.8 Å². The Morgan fingerprint density at radius 2 is 1.69 bits per heavy atom. The first kappa shape index (κ1) is 22.6. The third-order valence-corrected chi connectivity index (χ3v) is 5.62. The summed E-state index contributed by atoms with van der Waals surface area (Å²) in [5.74, 6) is 0.409. The van der Waals surface area contributed by atoms with Crippen molar-refractivity contribution < 1.29 is 32.2 Å². The molecule has 29 heavy (non-hydrogen) atoms. The lowest BCUT2D eigenvalue weighted by molar-refractivity contribution is -0.131. The molecule has 1 fully saturated rings. The second-order valence-electron chi connectivity index (χ2n) is 6.37. The summed E-state index contributed by atoms with van der Waals surface area (Å²) in [5, 5.41) is 0. The van der Waals surface area contributed by atoms with Crippen LogP contribution in [0.1, 0.15) is 6.92 Å². The number of nitrogens with zero attached hydrogens (tertiary/aromatic N) is 3. The number of anilines is 1. The minimum Gasteiger partial charge on any atom is -0.497 e. The summed E-state index contributed by atoms with van der Waals surface area (Å²) in [4.78, 5) is 27.6. The number of carbonyl (C=O) groups is 2. The molecule has 162 valence electrons. The van der Waals surface area contributed by atoms with Crippen molar-refractivity contribution >= 4 is 27.7 Å². The molecular formula is C18H27N3O7S. The molecule has 0 atom stereocenters. The Kier molecular flexibility index (Phi) is 7.54. The van der Waals surface area contributed by atoms with Crippen LogP contribution in [-0.2, 0) is 19.6 Å². The molecule has 0 bridgehead atoms. The predicted octanol–water partition coefficient (Wildman–Crippen LogP) is 0.771. The topological polar surface area (TPSA) is 106 Å². The Hall–Kier alpha value is -2.69. The second kappa shape index (κ2) is 9.68. The number of carbonyl (C=O) groups excluding carboxylic acids is 2. The molecule has 0 saturated carbocycles. The van der Waals surface area contributed by atoms with Crippen molar-refractivity contribution in [3.63, 3.8) is 0 Å². The van der Waals surface area contributed by atoms with Crippen LogP contribution in [0.2, 0.25) is 0 Å². The minimum atomic E-state index is -3.75. The second-order valence-corrected chi connectivity index (χ2v) is 8.28. The highest BCUT2D eigenvalue weighted by Gasteiger charge is 2.29. The van der Waals surface area contributed by atoms with Gasteiger partial charge in [0, 0.05) is 32.2 Å². The van der Waals surface area contributed by atoms with Crippen LogP contribution in [0.5, 0.6) is 11.5 Å². The summed E-state index contributed by atoms with van der Waals surface area (Å²) in [6.07, 6.45) is 0.614. The molecule has 0 radical (unpaired) electrons. The molecule has 0 N–H and O–H groups in total. The average molecular weight is 429 g/mol. The first-order chi connectivity index (χ1) is 13.7. The number of benzene rings is 1. The molecule has 11 heteroatoms. The minimum absolute atomic E-state index is 0.245. The van der Waals surface area contributed by atoms with Gasteiger partial charge in [0.25, 0.3) is 0 Å². The van der Waals surface area contributed by atoms with E-state index >= 15 is 0 Å². The monoisotopic (exact) mass is 429 g/mol. The number of hydrogen-bond donors (Lipinski definition) is 0. The molecule has 1 aliphatic rings. The molecule has 0 spiro atoms. The normalized spacial score (nSPS) is 14.3. The maximum atomic E-state index is 12.8. The number of sulfonamides is 1. The van der Waals surface area contributed by atoms with Gasteiger partial charge in [0.1, 0.15) is 18.0 Å². The van der Waals surface area contributed by atoms with Crippen molar-refractivity contribution in [3.05, 3.63) is 18.2 Å². The molecule has 2 amide bonds. The standard InChI is InChI=1S/C18H27N3O7S/c1-5-28-18(23)20-10-8-19(9-11-20)17(22)13-21(29(4,24)25)15-7-6-14(26-2)12-16(15)27-3/h6-7,12H,5,8-11,13H2,1-4H3. The summed E-state index contributed by atoms with van der Waals surface area (Å²) in [5.41, 5.74) is 0.245. The predicted molar refractivity (Wildman–Crippen MR) is 107 cm³/mol. The van der Waals surface area contributed by atoms with E-state index in [0.29, 0.717) is 31.9 Å². The molecule has 1 aliphatic heterocycles. The lowest BCUT2D eigenvalue weighted by Gasteiger charge is -2.35. The molecule has 1 heterocycles. The molecule has 0 aromatic heterocycles. The van der Waals surface area contributed by atoms with Gasteiger partial charge in [0.15, 0.2) is 0 Å². The molecule has 0 unspecified atom stereocenters. The van der Waals surface area contributed by atoms with Crippen molar-refractivity contribution in [1.82, 2.24) is 9.80 Å². The van der Waals surface area contributed by atoms with Crippen LogP contribution in [-0.4, -0.2) is 90.0 Å². The summed E-state index contributed by atoms with van der Waals surface area (Å²) in [6, 6.07) is 4.68. The van der Waals surface area contributed by atoms with E-state index < -0.39 is 16.1 Å². The van der Waals surface area contributed by atoms with Gasteiger partial charge in [-0.15, -0.1) is 0 Å². The Bertz CT molecular complexity index is 836. The number of amides is 2. The van der Waals surface area contributed by atoms with E-state index in [0.717, 1.165) is 10.6 Å². The smallest absolute Gasteiger partial charge is 0.409 e.